The van der Waals surface area contributed by atoms with Gasteiger partial charge in [-0.3, -0.25) is 10.1 Å². The normalized spacial score (nSPS) is 10.7. The number of carbonyl (C=O) groups is 1. The Labute approximate surface area is 127 Å². The van der Waals surface area contributed by atoms with Gasteiger partial charge in [-0.2, -0.15) is 0 Å². The molecule has 0 amide bonds. The summed E-state index contributed by atoms with van der Waals surface area (Å²) in [5, 5.41) is 20.3. The summed E-state index contributed by atoms with van der Waals surface area (Å²) in [6, 6.07) is 10.8. The van der Waals surface area contributed by atoms with Crippen molar-refractivity contribution < 1.29 is 19.2 Å². The van der Waals surface area contributed by atoms with Crippen molar-refractivity contribution in [1.29, 1.82) is 0 Å². The highest BCUT2D eigenvalue weighted by atomic mass is 32.2. The second-order valence-electron chi connectivity index (χ2n) is 4.29. The van der Waals surface area contributed by atoms with Crippen LogP contribution in [0.2, 0.25) is 0 Å². The molecule has 1 aromatic heterocycles. The van der Waals surface area contributed by atoms with E-state index < -0.39 is 10.9 Å². The number of fused-ring (bicyclic) bond motifs is 1. The highest BCUT2D eigenvalue weighted by Crippen LogP contribution is 2.36. The Hall–Kier alpha value is -2.87. The van der Waals surface area contributed by atoms with Crippen molar-refractivity contribution in [2.75, 3.05) is 0 Å². The van der Waals surface area contributed by atoms with Gasteiger partial charge >= 0.3 is 5.97 Å². The van der Waals surface area contributed by atoms with Crippen molar-refractivity contribution >= 4 is 34.5 Å². The minimum Gasteiger partial charge on any atom is -0.478 e. The Kier molecular flexibility index (Phi) is 3.51. The SMILES string of the molecule is O=C(O)c1ccc(Sc2nc3ccccc3o2)c([N+](=O)[O-])c1. The van der Waals surface area contributed by atoms with Crippen molar-refractivity contribution in [3.8, 4) is 0 Å². The number of aromatic carboxylic acids is 1. The molecule has 7 nitrogen and oxygen atoms in total. The number of para-hydroxylation sites is 2. The van der Waals surface area contributed by atoms with Crippen molar-refractivity contribution in [2.24, 2.45) is 0 Å². The molecule has 3 aromatic rings. The van der Waals surface area contributed by atoms with E-state index in [0.29, 0.717) is 11.1 Å². The van der Waals surface area contributed by atoms with E-state index in [0.717, 1.165) is 17.8 Å². The van der Waals surface area contributed by atoms with Gasteiger partial charge in [0.1, 0.15) is 5.52 Å². The number of aromatic nitrogens is 1. The fourth-order valence-electron chi connectivity index (χ4n) is 1.87. The predicted octanol–water partition coefficient (Wildman–Crippen LogP) is 3.59. The lowest BCUT2D eigenvalue weighted by Gasteiger charge is -2.01. The lowest BCUT2D eigenvalue weighted by molar-refractivity contribution is -0.387. The van der Waals surface area contributed by atoms with Gasteiger partial charge < -0.3 is 9.52 Å². The molecule has 0 atom stereocenters. The average Bonchev–Trinajstić information content (AvgIpc) is 2.89. The van der Waals surface area contributed by atoms with Crippen LogP contribution in [-0.4, -0.2) is 21.0 Å². The van der Waals surface area contributed by atoms with Gasteiger partial charge in [0.2, 0.25) is 0 Å². The molecule has 0 unspecified atom stereocenters. The minimum atomic E-state index is -1.22. The van der Waals surface area contributed by atoms with Crippen LogP contribution in [0.15, 0.2) is 57.0 Å². The van der Waals surface area contributed by atoms with Crippen LogP contribution in [0.5, 0.6) is 0 Å². The van der Waals surface area contributed by atoms with Gasteiger partial charge in [0.25, 0.3) is 10.9 Å². The smallest absolute Gasteiger partial charge is 0.335 e. The number of nitrogens with zero attached hydrogens (tertiary/aromatic N) is 2. The number of carboxylic acid groups (broad SMARTS) is 1. The quantitative estimate of drug-likeness (QED) is 0.579. The first kappa shape index (κ1) is 14.1. The molecule has 0 radical (unpaired) electrons. The van der Waals surface area contributed by atoms with Crippen LogP contribution in [0.1, 0.15) is 10.4 Å². The maximum Gasteiger partial charge on any atom is 0.335 e. The van der Waals surface area contributed by atoms with Crippen LogP contribution < -0.4 is 0 Å². The lowest BCUT2D eigenvalue weighted by atomic mass is 10.2. The van der Waals surface area contributed by atoms with Crippen LogP contribution in [0.3, 0.4) is 0 Å². The average molecular weight is 316 g/mol. The zero-order valence-electron chi connectivity index (χ0n) is 10.9. The van der Waals surface area contributed by atoms with Crippen LogP contribution in [0.25, 0.3) is 11.1 Å². The highest BCUT2D eigenvalue weighted by molar-refractivity contribution is 7.99. The fourth-order valence-corrected chi connectivity index (χ4v) is 2.71. The molecule has 3 rings (SSSR count). The molecule has 0 bridgehead atoms. The number of carboxylic acids is 1. The third-order valence-corrected chi connectivity index (χ3v) is 3.79. The summed E-state index contributed by atoms with van der Waals surface area (Å²) in [6.45, 7) is 0. The second-order valence-corrected chi connectivity index (χ2v) is 5.29. The van der Waals surface area contributed by atoms with Crippen molar-refractivity contribution in [1.82, 2.24) is 4.98 Å². The summed E-state index contributed by atoms with van der Waals surface area (Å²) in [7, 11) is 0. The number of oxazole rings is 1. The molecular formula is C14H8N2O5S. The topological polar surface area (TPSA) is 106 Å². The number of benzene rings is 2. The summed E-state index contributed by atoms with van der Waals surface area (Å²) in [4.78, 5) is 25.9. The van der Waals surface area contributed by atoms with Crippen LogP contribution >= 0.6 is 11.8 Å². The summed E-state index contributed by atoms with van der Waals surface area (Å²) < 4.78 is 5.50. The van der Waals surface area contributed by atoms with Gasteiger partial charge in [-0.05, 0) is 36.0 Å². The van der Waals surface area contributed by atoms with E-state index in [1.165, 1.54) is 12.1 Å². The molecule has 110 valence electrons. The van der Waals surface area contributed by atoms with E-state index in [4.69, 9.17) is 9.52 Å². The van der Waals surface area contributed by atoms with Crippen LogP contribution in [0, 0.1) is 10.1 Å². The molecule has 0 spiro atoms. The van der Waals surface area contributed by atoms with Crippen molar-refractivity contribution in [2.45, 2.75) is 10.1 Å². The van der Waals surface area contributed by atoms with E-state index in [1.54, 1.807) is 18.2 Å². The van der Waals surface area contributed by atoms with E-state index in [2.05, 4.69) is 4.98 Å². The van der Waals surface area contributed by atoms with Gasteiger partial charge in [-0.15, -0.1) is 0 Å². The van der Waals surface area contributed by atoms with Gasteiger partial charge in [-0.25, -0.2) is 9.78 Å². The van der Waals surface area contributed by atoms with Gasteiger partial charge in [-0.1, -0.05) is 12.1 Å². The predicted molar refractivity (Wildman–Crippen MR) is 78.2 cm³/mol. The van der Waals surface area contributed by atoms with Crippen LogP contribution in [0.4, 0.5) is 5.69 Å². The minimum absolute atomic E-state index is 0.145. The molecular weight excluding hydrogens is 308 g/mol. The van der Waals surface area contributed by atoms with E-state index >= 15 is 0 Å². The third-order valence-electron chi connectivity index (χ3n) is 2.87. The molecule has 2 aromatic carbocycles. The molecule has 0 saturated carbocycles. The largest absolute Gasteiger partial charge is 0.478 e. The molecule has 0 aliphatic heterocycles. The molecule has 0 aliphatic rings. The number of nitro benzene ring substituents is 1. The summed E-state index contributed by atoms with van der Waals surface area (Å²) >= 11 is 0.976. The van der Waals surface area contributed by atoms with E-state index in [-0.39, 0.29) is 21.4 Å². The highest BCUT2D eigenvalue weighted by Gasteiger charge is 2.20. The molecule has 22 heavy (non-hydrogen) atoms. The number of hydrogen-bond acceptors (Lipinski definition) is 6. The standard InChI is InChI=1S/C14H8N2O5S/c17-13(18)8-5-6-12(10(7-8)16(19)20)22-14-15-9-3-1-2-4-11(9)21-14/h1-7H,(H,17,18). The molecule has 0 aliphatic carbocycles. The summed E-state index contributed by atoms with van der Waals surface area (Å²) in [5.41, 5.74) is 0.783. The number of rotatable bonds is 4. The fraction of sp³-hybridized carbons (Fsp3) is 0. The summed E-state index contributed by atoms with van der Waals surface area (Å²) in [5.74, 6) is -1.22. The monoisotopic (exact) mass is 316 g/mol. The van der Waals surface area contributed by atoms with E-state index in [1.807, 2.05) is 6.07 Å². The Balaban J connectivity index is 2.00. The lowest BCUT2D eigenvalue weighted by Crippen LogP contribution is -1.99. The number of hydrogen-bond donors (Lipinski definition) is 1. The maximum absolute atomic E-state index is 11.1. The van der Waals surface area contributed by atoms with Gasteiger partial charge in [0.05, 0.1) is 15.4 Å². The Morgan fingerprint density at radius 2 is 2.05 bits per heavy atom. The first-order valence-electron chi connectivity index (χ1n) is 6.10. The Bertz CT molecular complexity index is 857. The van der Waals surface area contributed by atoms with Gasteiger partial charge in [0, 0.05) is 6.07 Å². The molecule has 1 heterocycles. The molecule has 1 N–H and O–H groups in total. The summed E-state index contributed by atoms with van der Waals surface area (Å²) in [6.07, 6.45) is 0. The van der Waals surface area contributed by atoms with E-state index in [9.17, 15) is 14.9 Å². The second kappa shape index (κ2) is 5.49. The zero-order valence-corrected chi connectivity index (χ0v) is 11.7. The number of nitro groups is 1. The Morgan fingerprint density at radius 1 is 1.27 bits per heavy atom. The molecule has 0 fully saturated rings. The zero-order chi connectivity index (χ0) is 15.7. The molecule has 8 heteroatoms. The Morgan fingerprint density at radius 3 is 2.73 bits per heavy atom. The first-order valence-corrected chi connectivity index (χ1v) is 6.91. The van der Waals surface area contributed by atoms with Crippen molar-refractivity contribution in [3.63, 3.8) is 0 Å². The first-order chi connectivity index (χ1) is 10.5. The third kappa shape index (κ3) is 2.63. The van der Waals surface area contributed by atoms with Gasteiger partial charge in [0.15, 0.2) is 5.58 Å². The van der Waals surface area contributed by atoms with Crippen molar-refractivity contribution in [3.05, 3.63) is 58.1 Å². The van der Waals surface area contributed by atoms with Crippen LogP contribution in [-0.2, 0) is 0 Å². The maximum atomic E-state index is 11.1. The molecule has 0 saturated heterocycles.